The standard InChI is InChI=1S/C25H34N4O3/c1-20-16-26-29(17-20)18-23(30)28-13-7-12-25(19-28)11-6-5-9-21-8-3-4-10-22(21)32-15-14-27(2)24(25)31/h3-4,8,10,16-17H,5-7,9,11-15,18-19H2,1-2H3. The molecule has 1 aromatic carbocycles. The van der Waals surface area contributed by atoms with Crippen molar-refractivity contribution in [3.8, 4) is 5.75 Å². The van der Waals surface area contributed by atoms with Gasteiger partial charge in [-0.1, -0.05) is 24.6 Å². The smallest absolute Gasteiger partial charge is 0.244 e. The Labute approximate surface area is 190 Å². The molecule has 1 atom stereocenters. The molecule has 7 nitrogen and oxygen atoms in total. The van der Waals surface area contributed by atoms with E-state index >= 15 is 0 Å². The Hall–Kier alpha value is -2.83. The van der Waals surface area contributed by atoms with E-state index in [1.807, 2.05) is 37.2 Å². The van der Waals surface area contributed by atoms with Crippen LogP contribution in [-0.2, 0) is 22.6 Å². The van der Waals surface area contributed by atoms with Crippen LogP contribution in [-0.4, -0.2) is 64.7 Å². The van der Waals surface area contributed by atoms with Crippen LogP contribution in [0.3, 0.4) is 0 Å². The number of fused-ring (bicyclic) bond motifs is 1. The number of nitrogens with zero attached hydrogens (tertiary/aromatic N) is 4. The topological polar surface area (TPSA) is 67.7 Å². The fraction of sp³-hybridized carbons (Fsp3) is 0.560. The van der Waals surface area contributed by atoms with Crippen molar-refractivity contribution in [1.82, 2.24) is 19.6 Å². The molecule has 7 heteroatoms. The Balaban J connectivity index is 1.49. The molecule has 2 aliphatic heterocycles. The van der Waals surface area contributed by atoms with E-state index < -0.39 is 5.41 Å². The molecule has 4 rings (SSSR count). The van der Waals surface area contributed by atoms with Crippen molar-refractivity contribution in [2.24, 2.45) is 5.41 Å². The first-order valence-electron chi connectivity index (χ1n) is 11.7. The fourth-order valence-electron chi connectivity index (χ4n) is 5.05. The highest BCUT2D eigenvalue weighted by atomic mass is 16.5. The Morgan fingerprint density at radius 1 is 1.16 bits per heavy atom. The second kappa shape index (κ2) is 9.76. The Bertz CT molecular complexity index is 956. The van der Waals surface area contributed by atoms with Gasteiger partial charge in [-0.3, -0.25) is 14.3 Å². The number of rotatable bonds is 2. The molecule has 0 radical (unpaired) electrons. The van der Waals surface area contributed by atoms with E-state index in [0.29, 0.717) is 26.2 Å². The van der Waals surface area contributed by atoms with Gasteiger partial charge in [0.05, 0.1) is 18.2 Å². The number of likely N-dealkylation sites (N-methyl/N-ethyl adjacent to an activating group) is 1. The summed E-state index contributed by atoms with van der Waals surface area (Å²) >= 11 is 0. The van der Waals surface area contributed by atoms with Crippen LogP contribution >= 0.6 is 0 Å². The zero-order chi connectivity index (χ0) is 22.6. The number of piperidine rings is 1. The van der Waals surface area contributed by atoms with Gasteiger partial charge in [0.15, 0.2) is 0 Å². The molecule has 2 amide bonds. The molecule has 0 bridgehead atoms. The number of ether oxygens (including phenoxy) is 1. The molecule has 172 valence electrons. The number of likely N-dealkylation sites (tertiary alicyclic amines) is 1. The van der Waals surface area contributed by atoms with Crippen LogP contribution < -0.4 is 4.74 Å². The van der Waals surface area contributed by atoms with E-state index in [4.69, 9.17) is 4.74 Å². The molecule has 32 heavy (non-hydrogen) atoms. The predicted molar refractivity (Wildman–Crippen MR) is 122 cm³/mol. The lowest BCUT2D eigenvalue weighted by Gasteiger charge is -2.43. The van der Waals surface area contributed by atoms with E-state index in [1.54, 1.807) is 15.8 Å². The highest BCUT2D eigenvalue weighted by molar-refractivity contribution is 5.84. The first-order chi connectivity index (χ1) is 15.5. The zero-order valence-electron chi connectivity index (χ0n) is 19.3. The fourth-order valence-corrected chi connectivity index (χ4v) is 5.05. The number of amides is 2. The van der Waals surface area contributed by atoms with Crippen molar-refractivity contribution < 1.29 is 14.3 Å². The summed E-state index contributed by atoms with van der Waals surface area (Å²) in [7, 11) is 1.86. The third kappa shape index (κ3) is 4.97. The quantitative estimate of drug-likeness (QED) is 0.723. The molecule has 2 aromatic rings. The molecule has 1 aromatic heterocycles. The third-order valence-corrected chi connectivity index (χ3v) is 6.80. The van der Waals surface area contributed by atoms with Crippen LogP contribution in [0.25, 0.3) is 0 Å². The minimum absolute atomic E-state index is 0.0333. The van der Waals surface area contributed by atoms with Crippen LogP contribution in [0.15, 0.2) is 36.7 Å². The normalized spacial score (nSPS) is 22.6. The lowest BCUT2D eigenvalue weighted by atomic mass is 9.74. The van der Waals surface area contributed by atoms with Gasteiger partial charge in [-0.25, -0.2) is 0 Å². The number of para-hydroxylation sites is 1. The summed E-state index contributed by atoms with van der Waals surface area (Å²) in [5.74, 6) is 1.10. The maximum Gasteiger partial charge on any atom is 0.244 e. The van der Waals surface area contributed by atoms with Crippen LogP contribution in [0.1, 0.15) is 43.2 Å². The Morgan fingerprint density at radius 3 is 2.78 bits per heavy atom. The van der Waals surface area contributed by atoms with Gasteiger partial charge in [-0.05, 0) is 56.2 Å². The van der Waals surface area contributed by atoms with Crippen LogP contribution in [0.2, 0.25) is 0 Å². The van der Waals surface area contributed by atoms with Crippen molar-refractivity contribution in [2.75, 3.05) is 33.3 Å². The second-order valence-corrected chi connectivity index (χ2v) is 9.30. The average Bonchev–Trinajstić information content (AvgIpc) is 3.21. The minimum atomic E-state index is -0.512. The van der Waals surface area contributed by atoms with Crippen molar-refractivity contribution in [3.05, 3.63) is 47.8 Å². The van der Waals surface area contributed by atoms with Crippen molar-refractivity contribution in [1.29, 1.82) is 0 Å². The van der Waals surface area contributed by atoms with Gasteiger partial charge in [0.2, 0.25) is 11.8 Å². The van der Waals surface area contributed by atoms with Gasteiger partial charge in [-0.2, -0.15) is 5.10 Å². The zero-order valence-corrected chi connectivity index (χ0v) is 19.3. The highest BCUT2D eigenvalue weighted by Crippen LogP contribution is 2.38. The molecular formula is C25H34N4O3. The number of carbonyl (C=O) groups is 2. The number of carbonyl (C=O) groups excluding carboxylic acids is 2. The number of benzene rings is 1. The van der Waals surface area contributed by atoms with Crippen LogP contribution in [0.5, 0.6) is 5.75 Å². The van der Waals surface area contributed by atoms with Crippen molar-refractivity contribution >= 4 is 11.8 Å². The lowest BCUT2D eigenvalue weighted by Crippen LogP contribution is -2.54. The summed E-state index contributed by atoms with van der Waals surface area (Å²) < 4.78 is 7.70. The van der Waals surface area contributed by atoms with Gasteiger partial charge in [0.1, 0.15) is 18.9 Å². The molecule has 1 spiro atoms. The monoisotopic (exact) mass is 438 g/mol. The molecule has 3 heterocycles. The average molecular weight is 439 g/mol. The summed E-state index contributed by atoms with van der Waals surface area (Å²) in [4.78, 5) is 30.3. The largest absolute Gasteiger partial charge is 0.491 e. The van der Waals surface area contributed by atoms with E-state index in [1.165, 1.54) is 5.56 Å². The Kier molecular flexibility index (Phi) is 6.82. The van der Waals surface area contributed by atoms with Crippen molar-refractivity contribution in [3.63, 3.8) is 0 Å². The molecule has 1 unspecified atom stereocenters. The Morgan fingerprint density at radius 2 is 1.97 bits per heavy atom. The third-order valence-electron chi connectivity index (χ3n) is 6.80. The molecular weight excluding hydrogens is 404 g/mol. The molecule has 2 aliphatic rings. The first kappa shape index (κ1) is 22.4. The summed E-state index contributed by atoms with van der Waals surface area (Å²) in [5, 5.41) is 4.25. The van der Waals surface area contributed by atoms with E-state index in [0.717, 1.165) is 49.8 Å². The van der Waals surface area contributed by atoms with E-state index in [-0.39, 0.29) is 18.4 Å². The number of hydrogen-bond acceptors (Lipinski definition) is 4. The molecule has 1 fully saturated rings. The van der Waals surface area contributed by atoms with Gasteiger partial charge in [0.25, 0.3) is 0 Å². The molecule has 1 saturated heterocycles. The maximum absolute atomic E-state index is 13.6. The first-order valence-corrected chi connectivity index (χ1v) is 11.7. The van der Waals surface area contributed by atoms with Gasteiger partial charge >= 0.3 is 0 Å². The van der Waals surface area contributed by atoms with Gasteiger partial charge < -0.3 is 14.5 Å². The second-order valence-electron chi connectivity index (χ2n) is 9.30. The van der Waals surface area contributed by atoms with Crippen molar-refractivity contribution in [2.45, 2.75) is 52.0 Å². The summed E-state index contributed by atoms with van der Waals surface area (Å²) in [6.07, 6.45) is 9.03. The summed E-state index contributed by atoms with van der Waals surface area (Å²) in [6, 6.07) is 8.18. The summed E-state index contributed by atoms with van der Waals surface area (Å²) in [6.45, 7) is 4.39. The SMILES string of the molecule is Cc1cnn(CC(=O)N2CCCC3(CCCCc4ccccc4OCCN(C)C3=O)C2)c1. The lowest BCUT2D eigenvalue weighted by molar-refractivity contribution is -0.149. The maximum atomic E-state index is 13.6. The molecule has 0 N–H and O–H groups in total. The van der Waals surface area contributed by atoms with Crippen LogP contribution in [0.4, 0.5) is 0 Å². The van der Waals surface area contributed by atoms with E-state index in [2.05, 4.69) is 17.2 Å². The number of aromatic nitrogens is 2. The van der Waals surface area contributed by atoms with Gasteiger partial charge in [0, 0.05) is 26.3 Å². The highest BCUT2D eigenvalue weighted by Gasteiger charge is 2.44. The minimum Gasteiger partial charge on any atom is -0.491 e. The molecule has 0 aliphatic carbocycles. The van der Waals surface area contributed by atoms with E-state index in [9.17, 15) is 9.59 Å². The predicted octanol–water partition coefficient (Wildman–Crippen LogP) is 3.06. The number of aryl methyl sites for hydroxylation is 2. The van der Waals surface area contributed by atoms with Crippen LogP contribution in [0, 0.1) is 12.3 Å². The summed E-state index contributed by atoms with van der Waals surface area (Å²) in [5.41, 5.74) is 1.75. The molecule has 0 saturated carbocycles. The number of hydrogen-bond donors (Lipinski definition) is 0. The van der Waals surface area contributed by atoms with Gasteiger partial charge in [-0.15, -0.1) is 0 Å².